The summed E-state index contributed by atoms with van der Waals surface area (Å²) in [5.74, 6) is -2.54. The molecule has 3 aromatic rings. The second kappa shape index (κ2) is 17.1. The summed E-state index contributed by atoms with van der Waals surface area (Å²) in [6, 6.07) is 16.1. The maximum Gasteiger partial charge on any atom is 0.276 e. The average molecular weight is 657 g/mol. The van der Waals surface area contributed by atoms with Gasteiger partial charge >= 0.3 is 0 Å². The minimum atomic E-state index is -1.00. The highest BCUT2D eigenvalue weighted by Gasteiger charge is 2.30. The van der Waals surface area contributed by atoms with Gasteiger partial charge in [0.05, 0.1) is 0 Å². The van der Waals surface area contributed by atoms with E-state index in [-0.39, 0.29) is 36.2 Å². The second-order valence-electron chi connectivity index (χ2n) is 12.4. The maximum atomic E-state index is 13.7. The van der Waals surface area contributed by atoms with Crippen LogP contribution in [0, 0.1) is 5.92 Å². The number of benzene rings is 2. The van der Waals surface area contributed by atoms with Gasteiger partial charge in [0, 0.05) is 37.8 Å². The van der Waals surface area contributed by atoms with Crippen molar-refractivity contribution in [3.05, 3.63) is 95.3 Å². The number of pyridine rings is 1. The number of hydrogen-bond acceptors (Lipinski definition) is 7. The molecule has 2 bridgehead atoms. The zero-order valence-electron chi connectivity index (χ0n) is 27.6. The van der Waals surface area contributed by atoms with Crippen LogP contribution >= 0.6 is 0 Å². The van der Waals surface area contributed by atoms with Gasteiger partial charge in [0.15, 0.2) is 5.69 Å². The molecular formula is C36H44N6O6. The molecule has 2 aliphatic heterocycles. The van der Waals surface area contributed by atoms with Crippen molar-refractivity contribution in [2.24, 2.45) is 5.92 Å². The quantitative estimate of drug-likeness (QED) is 0.263. The van der Waals surface area contributed by atoms with Crippen molar-refractivity contribution in [2.45, 2.75) is 71.1 Å². The highest BCUT2D eigenvalue weighted by Crippen LogP contribution is 2.18. The topological polar surface area (TPSA) is 170 Å². The summed E-state index contributed by atoms with van der Waals surface area (Å²) in [7, 11) is 0. The van der Waals surface area contributed by atoms with E-state index in [0.717, 1.165) is 11.1 Å². The Balaban J connectivity index is 1.63. The van der Waals surface area contributed by atoms with Gasteiger partial charge in [-0.15, -0.1) is 0 Å². The molecule has 0 unspecified atom stereocenters. The van der Waals surface area contributed by atoms with Crippen LogP contribution < -0.4 is 21.3 Å². The van der Waals surface area contributed by atoms with Crippen molar-refractivity contribution in [1.82, 2.24) is 31.2 Å². The fraction of sp³-hybridized carbons (Fsp3) is 0.389. The summed E-state index contributed by atoms with van der Waals surface area (Å²) in [6.07, 6.45) is 3.01. The summed E-state index contributed by atoms with van der Waals surface area (Å²) in [4.78, 5) is 72.5. The van der Waals surface area contributed by atoms with Crippen molar-refractivity contribution in [2.75, 3.05) is 13.1 Å². The van der Waals surface area contributed by atoms with Crippen LogP contribution in [0.4, 0.5) is 0 Å². The molecule has 12 heteroatoms. The maximum absolute atomic E-state index is 13.7. The molecule has 5 N–H and O–H groups in total. The zero-order chi connectivity index (χ0) is 34.6. The van der Waals surface area contributed by atoms with Gasteiger partial charge in [0.2, 0.25) is 17.7 Å². The molecule has 5 rings (SSSR count). The largest absolute Gasteiger partial charge is 0.505 e. The Kier molecular flexibility index (Phi) is 12.6. The standard InChI is InChI=1S/C36H44N6O6/c1-23(2)20-28-34(46)39-24(3)32(44)38-17-7-8-19-42(36(48)31-30(43)12-9-18-37-31)22-26-13-15-27(16-14-26)33(45)40-29(35(47)41-28)21-25-10-5-4-6-11-25/h4-6,9-16,18,23-24,28-29,43H,7-8,17,19-22H2,1-3H3,(H,38,44)(H,39,46)(H,40,45)(H,41,47)/t24-,28+,29-/m1/s1. The van der Waals surface area contributed by atoms with E-state index in [1.807, 2.05) is 44.2 Å². The number of nitrogens with one attached hydrogen (secondary N) is 4. The first-order valence-corrected chi connectivity index (χ1v) is 16.3. The molecule has 2 aromatic carbocycles. The third-order valence-corrected chi connectivity index (χ3v) is 8.02. The summed E-state index contributed by atoms with van der Waals surface area (Å²) >= 11 is 0. The van der Waals surface area contributed by atoms with E-state index >= 15 is 0 Å². The van der Waals surface area contributed by atoms with Gasteiger partial charge in [-0.25, -0.2) is 4.98 Å². The first kappa shape index (κ1) is 35.6. The number of nitrogens with zero attached hydrogens (tertiary/aromatic N) is 2. The van der Waals surface area contributed by atoms with Crippen LogP contribution in [0.3, 0.4) is 0 Å². The lowest BCUT2D eigenvalue weighted by molar-refractivity contribution is -0.132. The second-order valence-corrected chi connectivity index (χ2v) is 12.4. The molecule has 2 aliphatic rings. The fourth-order valence-electron chi connectivity index (χ4n) is 5.39. The average Bonchev–Trinajstić information content (AvgIpc) is 3.06. The molecule has 0 spiro atoms. The van der Waals surface area contributed by atoms with E-state index in [1.165, 1.54) is 18.3 Å². The van der Waals surface area contributed by atoms with Crippen LogP contribution in [0.5, 0.6) is 5.75 Å². The molecule has 1 aromatic heterocycles. The highest BCUT2D eigenvalue weighted by atomic mass is 16.3. The molecule has 0 saturated carbocycles. The van der Waals surface area contributed by atoms with Gasteiger partial charge < -0.3 is 31.3 Å². The number of amides is 5. The fourth-order valence-corrected chi connectivity index (χ4v) is 5.39. The Morgan fingerprint density at radius 1 is 0.875 bits per heavy atom. The molecule has 254 valence electrons. The molecule has 5 amide bonds. The number of fused-ring (bicyclic) bond motifs is 18. The van der Waals surface area contributed by atoms with Crippen LogP contribution in [0.2, 0.25) is 0 Å². The van der Waals surface area contributed by atoms with E-state index in [2.05, 4.69) is 26.3 Å². The minimum Gasteiger partial charge on any atom is -0.505 e. The SMILES string of the molecule is CC(C)C[C@@H]1NC(=O)[C@@H](Cc2ccccc2)NC(=O)c2ccc(cc2)CN(C(=O)c2ncccc2O)CCCCNC(=O)[C@@H](C)NC1=O. The van der Waals surface area contributed by atoms with Gasteiger partial charge in [0.1, 0.15) is 23.9 Å². The number of carbonyl (C=O) groups is 5. The predicted molar refractivity (Wildman–Crippen MR) is 180 cm³/mol. The third-order valence-electron chi connectivity index (χ3n) is 8.02. The third kappa shape index (κ3) is 10.1. The summed E-state index contributed by atoms with van der Waals surface area (Å²) in [5, 5.41) is 21.5. The molecule has 12 nitrogen and oxygen atoms in total. The monoisotopic (exact) mass is 656 g/mol. The molecular weight excluding hydrogens is 612 g/mol. The molecule has 3 heterocycles. The van der Waals surface area contributed by atoms with E-state index < -0.39 is 41.8 Å². The molecule has 0 fully saturated rings. The number of carbonyl (C=O) groups excluding carboxylic acids is 5. The predicted octanol–water partition coefficient (Wildman–Crippen LogP) is 2.72. The summed E-state index contributed by atoms with van der Waals surface area (Å²) in [5.41, 5.74) is 1.79. The lowest BCUT2D eigenvalue weighted by atomic mass is 10.0. The van der Waals surface area contributed by atoms with Crippen molar-refractivity contribution < 1.29 is 29.1 Å². The van der Waals surface area contributed by atoms with Crippen LogP contribution in [0.25, 0.3) is 0 Å². The Labute approximate surface area is 280 Å². The van der Waals surface area contributed by atoms with Crippen LogP contribution in [-0.2, 0) is 27.3 Å². The smallest absolute Gasteiger partial charge is 0.276 e. The van der Waals surface area contributed by atoms with E-state index in [9.17, 15) is 29.1 Å². The zero-order valence-corrected chi connectivity index (χ0v) is 27.6. The van der Waals surface area contributed by atoms with E-state index in [1.54, 1.807) is 36.1 Å². The highest BCUT2D eigenvalue weighted by molar-refractivity contribution is 5.99. The van der Waals surface area contributed by atoms with Crippen molar-refractivity contribution in [3.63, 3.8) is 0 Å². The van der Waals surface area contributed by atoms with Crippen molar-refractivity contribution >= 4 is 29.5 Å². The Morgan fingerprint density at radius 2 is 1.58 bits per heavy atom. The molecule has 0 saturated heterocycles. The van der Waals surface area contributed by atoms with Gasteiger partial charge in [-0.05, 0) is 67.5 Å². The van der Waals surface area contributed by atoms with Gasteiger partial charge in [-0.3, -0.25) is 24.0 Å². The summed E-state index contributed by atoms with van der Waals surface area (Å²) < 4.78 is 0. The van der Waals surface area contributed by atoms with E-state index in [4.69, 9.17) is 0 Å². The molecule has 3 atom stereocenters. The Bertz CT molecular complexity index is 1580. The van der Waals surface area contributed by atoms with Crippen LogP contribution in [0.15, 0.2) is 72.9 Å². The number of aromatic hydroxyl groups is 1. The van der Waals surface area contributed by atoms with Crippen LogP contribution in [0.1, 0.15) is 72.0 Å². The minimum absolute atomic E-state index is 0.0495. The molecule has 0 radical (unpaired) electrons. The number of hydrogen-bond donors (Lipinski definition) is 5. The first-order chi connectivity index (χ1) is 23.0. The number of rotatable bonds is 5. The van der Waals surface area contributed by atoms with Gasteiger partial charge in [-0.2, -0.15) is 0 Å². The molecule has 0 aliphatic carbocycles. The van der Waals surface area contributed by atoms with Crippen molar-refractivity contribution in [3.8, 4) is 5.75 Å². The van der Waals surface area contributed by atoms with E-state index in [0.29, 0.717) is 37.9 Å². The first-order valence-electron chi connectivity index (χ1n) is 16.3. The normalized spacial score (nSPS) is 20.2. The lowest BCUT2D eigenvalue weighted by Crippen LogP contribution is -2.57. The summed E-state index contributed by atoms with van der Waals surface area (Å²) in [6.45, 7) is 6.23. The Morgan fingerprint density at radius 3 is 2.27 bits per heavy atom. The number of aromatic nitrogens is 1. The van der Waals surface area contributed by atoms with Gasteiger partial charge in [0.25, 0.3) is 11.8 Å². The molecule has 48 heavy (non-hydrogen) atoms. The van der Waals surface area contributed by atoms with Gasteiger partial charge in [-0.1, -0.05) is 56.3 Å². The Hall–Kier alpha value is -5.26. The van der Waals surface area contributed by atoms with Crippen molar-refractivity contribution in [1.29, 1.82) is 0 Å². The van der Waals surface area contributed by atoms with Crippen LogP contribution in [-0.4, -0.2) is 75.7 Å². The lowest BCUT2D eigenvalue weighted by Gasteiger charge is -2.25.